The summed E-state index contributed by atoms with van der Waals surface area (Å²) < 4.78 is 6.88. The van der Waals surface area contributed by atoms with E-state index < -0.39 is 0 Å². The molecule has 14 heavy (non-hydrogen) atoms. The van der Waals surface area contributed by atoms with Gasteiger partial charge in [-0.1, -0.05) is 0 Å². The van der Waals surface area contributed by atoms with Gasteiger partial charge in [-0.05, 0) is 6.92 Å². The van der Waals surface area contributed by atoms with Crippen LogP contribution in [0.5, 0.6) is 0 Å². The van der Waals surface area contributed by atoms with Crippen LogP contribution in [-0.4, -0.2) is 21.1 Å². The van der Waals surface area contributed by atoms with E-state index in [1.54, 1.807) is 23.7 Å². The average molecular weight is 194 g/mol. The lowest BCUT2D eigenvalue weighted by Gasteiger charge is -1.90. The molecule has 0 bridgehead atoms. The molecule has 0 aliphatic carbocycles. The lowest BCUT2D eigenvalue weighted by molar-refractivity contribution is 0.289. The fourth-order valence-corrected chi connectivity index (χ4v) is 1.24. The first-order valence-corrected chi connectivity index (χ1v) is 4.30. The molecule has 0 saturated carbocycles. The molecule has 0 atom stereocenters. The molecule has 5 heteroatoms. The summed E-state index contributed by atoms with van der Waals surface area (Å²) in [5.74, 6) is 0.883. The predicted molar refractivity (Wildman–Crippen MR) is 49.3 cm³/mol. The molecule has 2 rings (SSSR count). The minimum Gasteiger partial charge on any atom is -0.428 e. The second-order valence-electron chi connectivity index (χ2n) is 3.09. The van der Waals surface area contributed by atoms with Crippen molar-refractivity contribution in [2.24, 2.45) is 0 Å². The molecule has 0 aliphatic heterocycles. The van der Waals surface area contributed by atoms with E-state index in [-0.39, 0.29) is 18.0 Å². The van der Waals surface area contributed by atoms with Crippen molar-refractivity contribution in [3.05, 3.63) is 34.1 Å². The van der Waals surface area contributed by atoms with Gasteiger partial charge in [-0.2, -0.15) is 4.98 Å². The first-order chi connectivity index (χ1) is 6.70. The number of aliphatic hydroxyl groups is 1. The van der Waals surface area contributed by atoms with Gasteiger partial charge in [0.1, 0.15) is 5.76 Å². The second-order valence-corrected chi connectivity index (χ2v) is 3.09. The van der Waals surface area contributed by atoms with Gasteiger partial charge in [-0.25, -0.2) is 0 Å². The molecule has 0 saturated heterocycles. The third kappa shape index (κ3) is 1.42. The van der Waals surface area contributed by atoms with Gasteiger partial charge in [-0.3, -0.25) is 9.20 Å². The zero-order chi connectivity index (χ0) is 10.1. The molecule has 0 radical (unpaired) electrons. The van der Waals surface area contributed by atoms with Gasteiger partial charge >= 0.3 is 5.84 Å². The number of aromatic nitrogens is 2. The molecule has 0 unspecified atom stereocenters. The highest BCUT2D eigenvalue weighted by Crippen LogP contribution is 2.07. The van der Waals surface area contributed by atoms with Crippen molar-refractivity contribution in [1.82, 2.24) is 9.38 Å². The molecule has 0 fully saturated rings. The van der Waals surface area contributed by atoms with Crippen LogP contribution in [0.2, 0.25) is 0 Å². The maximum absolute atomic E-state index is 11.2. The Balaban J connectivity index is 2.60. The quantitative estimate of drug-likeness (QED) is 0.737. The van der Waals surface area contributed by atoms with Crippen LogP contribution in [-0.2, 0) is 6.42 Å². The zero-order valence-electron chi connectivity index (χ0n) is 7.73. The fourth-order valence-electron chi connectivity index (χ4n) is 1.24. The summed E-state index contributed by atoms with van der Waals surface area (Å²) in [5.41, 5.74) is 0.286. The molecule has 0 amide bonds. The fraction of sp³-hybridized carbons (Fsp3) is 0.333. The van der Waals surface area contributed by atoms with Crippen LogP contribution in [0.15, 0.2) is 21.6 Å². The van der Waals surface area contributed by atoms with E-state index in [0.717, 1.165) is 0 Å². The largest absolute Gasteiger partial charge is 0.428 e. The Hall–Kier alpha value is -1.62. The van der Waals surface area contributed by atoms with Gasteiger partial charge < -0.3 is 9.52 Å². The van der Waals surface area contributed by atoms with Crippen molar-refractivity contribution in [2.75, 3.05) is 6.61 Å². The molecular weight excluding hydrogens is 184 g/mol. The topological polar surface area (TPSA) is 67.7 Å². The third-order valence-corrected chi connectivity index (χ3v) is 1.95. The summed E-state index contributed by atoms with van der Waals surface area (Å²) in [6.45, 7) is 1.71. The number of rotatable bonds is 2. The molecule has 2 aromatic heterocycles. The lowest BCUT2D eigenvalue weighted by Crippen LogP contribution is -2.10. The summed E-state index contributed by atoms with van der Waals surface area (Å²) >= 11 is 0. The summed E-state index contributed by atoms with van der Waals surface area (Å²) in [6.07, 6.45) is 3.80. The van der Waals surface area contributed by atoms with Crippen LogP contribution >= 0.6 is 0 Å². The van der Waals surface area contributed by atoms with Crippen LogP contribution in [0.1, 0.15) is 11.3 Å². The van der Waals surface area contributed by atoms with Crippen molar-refractivity contribution in [3.8, 4) is 0 Å². The second kappa shape index (κ2) is 3.26. The summed E-state index contributed by atoms with van der Waals surface area (Å²) in [4.78, 5) is 14.9. The Morgan fingerprint density at radius 1 is 1.57 bits per heavy atom. The van der Waals surface area contributed by atoms with Gasteiger partial charge in [0.25, 0.3) is 5.56 Å². The Morgan fingerprint density at radius 2 is 2.36 bits per heavy atom. The molecule has 0 spiro atoms. The number of fused-ring (bicyclic) bond motifs is 1. The predicted octanol–water partition coefficient (Wildman–Crippen LogP) is 0.131. The van der Waals surface area contributed by atoms with Gasteiger partial charge in [0.15, 0.2) is 0 Å². The highest BCUT2D eigenvalue weighted by atomic mass is 16.4. The number of oxazole rings is 1. The van der Waals surface area contributed by atoms with Crippen LogP contribution in [0, 0.1) is 6.92 Å². The van der Waals surface area contributed by atoms with E-state index in [1.165, 1.54) is 0 Å². The monoisotopic (exact) mass is 194 g/mol. The third-order valence-electron chi connectivity index (χ3n) is 1.95. The number of aliphatic hydroxyl groups excluding tert-OH is 1. The maximum atomic E-state index is 11.2. The number of nitrogens with zero attached hydrogens (tertiary/aromatic N) is 2. The Kier molecular flexibility index (Phi) is 2.09. The van der Waals surface area contributed by atoms with E-state index in [9.17, 15) is 4.79 Å². The molecule has 1 N–H and O–H groups in total. The Morgan fingerprint density at radius 3 is 3.07 bits per heavy atom. The van der Waals surface area contributed by atoms with Crippen molar-refractivity contribution in [3.63, 3.8) is 0 Å². The highest BCUT2D eigenvalue weighted by molar-refractivity contribution is 5.26. The summed E-state index contributed by atoms with van der Waals surface area (Å²) in [7, 11) is 0. The van der Waals surface area contributed by atoms with E-state index in [2.05, 4.69) is 4.98 Å². The summed E-state index contributed by atoms with van der Waals surface area (Å²) in [5, 5.41) is 8.70. The molecule has 2 aromatic rings. The first kappa shape index (κ1) is 8.96. The molecule has 0 aromatic carbocycles. The normalized spacial score (nSPS) is 11.0. The van der Waals surface area contributed by atoms with Gasteiger partial charge in [0.2, 0.25) is 0 Å². The summed E-state index contributed by atoms with van der Waals surface area (Å²) in [6, 6.07) is 0. The molecule has 2 heterocycles. The van der Waals surface area contributed by atoms with E-state index >= 15 is 0 Å². The van der Waals surface area contributed by atoms with Crippen LogP contribution in [0.25, 0.3) is 5.84 Å². The average Bonchev–Trinajstić information content (AvgIpc) is 2.48. The minimum absolute atomic E-state index is 0.0175. The van der Waals surface area contributed by atoms with Gasteiger partial charge in [0, 0.05) is 18.2 Å². The van der Waals surface area contributed by atoms with Crippen LogP contribution in [0.3, 0.4) is 0 Å². The van der Waals surface area contributed by atoms with Crippen molar-refractivity contribution in [1.29, 1.82) is 0 Å². The molecule has 0 aliphatic rings. The van der Waals surface area contributed by atoms with Crippen molar-refractivity contribution >= 4 is 5.84 Å². The first-order valence-electron chi connectivity index (χ1n) is 4.30. The molecule has 5 nitrogen and oxygen atoms in total. The number of aryl methyl sites for hydroxylation is 1. The number of hydrogen-bond donors (Lipinski definition) is 1. The highest BCUT2D eigenvalue weighted by Gasteiger charge is 2.05. The number of hydrogen-bond acceptors (Lipinski definition) is 4. The Labute approximate surface area is 79.6 Å². The minimum atomic E-state index is -0.283. The van der Waals surface area contributed by atoms with Crippen molar-refractivity contribution < 1.29 is 9.52 Å². The van der Waals surface area contributed by atoms with Gasteiger partial charge in [0.05, 0.1) is 12.8 Å². The standard InChI is InChI=1S/C9H10N2O3/c1-6-4-11-5-7(2-3-12)14-9(11)10-8(6)13/h4-5,12H,2-3H2,1H3. The van der Waals surface area contributed by atoms with E-state index in [0.29, 0.717) is 17.7 Å². The van der Waals surface area contributed by atoms with Crippen LogP contribution in [0.4, 0.5) is 0 Å². The smallest absolute Gasteiger partial charge is 0.309 e. The van der Waals surface area contributed by atoms with Crippen molar-refractivity contribution in [2.45, 2.75) is 13.3 Å². The van der Waals surface area contributed by atoms with E-state index in [4.69, 9.17) is 9.52 Å². The SMILES string of the molecule is Cc1cn2cc(CCO)oc2nc1=O. The zero-order valence-corrected chi connectivity index (χ0v) is 7.73. The maximum Gasteiger partial charge on any atom is 0.309 e. The molecular formula is C9H10N2O3. The molecule has 74 valence electrons. The van der Waals surface area contributed by atoms with Crippen LogP contribution < -0.4 is 5.56 Å². The lowest BCUT2D eigenvalue weighted by atomic mass is 10.4. The Bertz CT molecular complexity index is 512. The van der Waals surface area contributed by atoms with Gasteiger partial charge in [-0.15, -0.1) is 0 Å². The van der Waals surface area contributed by atoms with E-state index in [1.807, 2.05) is 0 Å².